The molecule has 3 aliphatic heterocycles. The summed E-state index contributed by atoms with van der Waals surface area (Å²) in [5.41, 5.74) is 2.14. The fraction of sp³-hybridized carbons (Fsp3) is 0.579. The molecule has 0 radical (unpaired) electrons. The molecule has 4 rings (SSSR count). The van der Waals surface area contributed by atoms with E-state index in [1.54, 1.807) is 21.3 Å². The molecule has 136 valence electrons. The first kappa shape index (κ1) is 16.7. The van der Waals surface area contributed by atoms with Crippen molar-refractivity contribution < 1.29 is 28.4 Å². The lowest BCUT2D eigenvalue weighted by atomic mass is 9.96. The molecule has 25 heavy (non-hydrogen) atoms. The fourth-order valence-electron chi connectivity index (χ4n) is 4.05. The van der Waals surface area contributed by atoms with Gasteiger partial charge in [-0.15, -0.1) is 0 Å². The molecule has 1 aromatic rings. The van der Waals surface area contributed by atoms with Crippen molar-refractivity contribution in [2.24, 2.45) is 0 Å². The van der Waals surface area contributed by atoms with E-state index < -0.39 is 5.79 Å². The first-order valence-electron chi connectivity index (χ1n) is 8.48. The van der Waals surface area contributed by atoms with Crippen LogP contribution in [0.25, 0.3) is 5.57 Å². The highest BCUT2D eigenvalue weighted by molar-refractivity contribution is 5.76. The summed E-state index contributed by atoms with van der Waals surface area (Å²) in [6.45, 7) is 3.89. The minimum absolute atomic E-state index is 0.0189. The lowest BCUT2D eigenvalue weighted by Gasteiger charge is -2.28. The van der Waals surface area contributed by atoms with E-state index in [1.165, 1.54) is 0 Å². The summed E-state index contributed by atoms with van der Waals surface area (Å²) in [6.07, 6.45) is 2.62. The summed E-state index contributed by atoms with van der Waals surface area (Å²) in [5, 5.41) is 0. The van der Waals surface area contributed by atoms with Crippen LogP contribution in [-0.4, -0.2) is 51.5 Å². The van der Waals surface area contributed by atoms with Gasteiger partial charge in [0.05, 0.1) is 27.4 Å². The molecular formula is C19H24O6. The lowest BCUT2D eigenvalue weighted by molar-refractivity contribution is -0.182. The standard InChI is InChI=1S/C19H24O6/c1-19(2)24-17-13-8-10(9-14(23-13)18(17)25-19)11-6-7-12(20-3)16(22-5)15(11)21-4/h6-8,13-14,17-18H,9H2,1-5H3/t13-,14+,17-,18+/m0/s1. The normalized spacial score (nSPS) is 32.1. The van der Waals surface area contributed by atoms with Gasteiger partial charge in [-0.1, -0.05) is 0 Å². The van der Waals surface area contributed by atoms with Gasteiger partial charge in [-0.05, 0) is 37.6 Å². The number of hydrogen-bond acceptors (Lipinski definition) is 6. The zero-order valence-corrected chi connectivity index (χ0v) is 15.2. The third-order valence-electron chi connectivity index (χ3n) is 5.02. The van der Waals surface area contributed by atoms with Crippen LogP contribution in [0.2, 0.25) is 0 Å². The quantitative estimate of drug-likeness (QED) is 0.834. The molecule has 1 aromatic carbocycles. The zero-order chi connectivity index (χ0) is 17.8. The van der Waals surface area contributed by atoms with Crippen LogP contribution in [0.3, 0.4) is 0 Å². The largest absolute Gasteiger partial charge is 0.493 e. The summed E-state index contributed by atoms with van der Waals surface area (Å²) in [5.74, 6) is 1.35. The van der Waals surface area contributed by atoms with Crippen LogP contribution >= 0.6 is 0 Å². The van der Waals surface area contributed by atoms with Crippen molar-refractivity contribution in [1.29, 1.82) is 0 Å². The Morgan fingerprint density at radius 1 is 0.960 bits per heavy atom. The summed E-state index contributed by atoms with van der Waals surface area (Å²) in [7, 11) is 4.86. The number of fused-ring (bicyclic) bond motifs is 5. The van der Waals surface area contributed by atoms with Gasteiger partial charge in [0.25, 0.3) is 0 Å². The molecule has 6 heteroatoms. The predicted molar refractivity (Wildman–Crippen MR) is 91.2 cm³/mol. The molecule has 0 aromatic heterocycles. The van der Waals surface area contributed by atoms with Gasteiger partial charge in [-0.3, -0.25) is 0 Å². The number of benzene rings is 1. The minimum atomic E-state index is -0.554. The van der Waals surface area contributed by atoms with E-state index in [1.807, 2.05) is 26.0 Å². The summed E-state index contributed by atoms with van der Waals surface area (Å²) in [6, 6.07) is 3.89. The SMILES string of the molecule is COc1ccc(C2=C[C@@H]3O[C@H](C2)[C@H]2OC(C)(C)O[C@H]23)c(OC)c1OC. The Bertz CT molecular complexity index is 710. The molecule has 3 heterocycles. The average Bonchev–Trinajstić information content (AvgIpc) is 3.05. The van der Waals surface area contributed by atoms with Crippen molar-refractivity contribution in [3.63, 3.8) is 0 Å². The third-order valence-corrected chi connectivity index (χ3v) is 5.02. The van der Waals surface area contributed by atoms with Gasteiger partial charge in [0, 0.05) is 12.0 Å². The molecule has 4 atom stereocenters. The lowest BCUT2D eigenvalue weighted by Crippen LogP contribution is -2.30. The average molecular weight is 348 g/mol. The van der Waals surface area contributed by atoms with E-state index >= 15 is 0 Å². The molecule has 0 unspecified atom stereocenters. The van der Waals surface area contributed by atoms with Crippen molar-refractivity contribution in [3.05, 3.63) is 23.8 Å². The highest BCUT2D eigenvalue weighted by Crippen LogP contribution is 2.49. The minimum Gasteiger partial charge on any atom is -0.493 e. The molecule has 0 aliphatic carbocycles. The fourth-order valence-corrected chi connectivity index (χ4v) is 4.05. The molecular weight excluding hydrogens is 324 g/mol. The first-order chi connectivity index (χ1) is 12.0. The monoisotopic (exact) mass is 348 g/mol. The molecule has 0 N–H and O–H groups in total. The Balaban J connectivity index is 1.71. The smallest absolute Gasteiger partial charge is 0.203 e. The Morgan fingerprint density at radius 2 is 1.68 bits per heavy atom. The maximum Gasteiger partial charge on any atom is 0.203 e. The number of hydrogen-bond donors (Lipinski definition) is 0. The van der Waals surface area contributed by atoms with Crippen LogP contribution in [0.4, 0.5) is 0 Å². The van der Waals surface area contributed by atoms with E-state index in [-0.39, 0.29) is 24.4 Å². The van der Waals surface area contributed by atoms with E-state index in [0.29, 0.717) is 17.2 Å². The van der Waals surface area contributed by atoms with Crippen molar-refractivity contribution in [1.82, 2.24) is 0 Å². The Hall–Kier alpha value is -1.76. The highest BCUT2D eigenvalue weighted by Gasteiger charge is 2.56. The Kier molecular flexibility index (Phi) is 3.94. The Morgan fingerprint density at radius 3 is 2.36 bits per heavy atom. The Labute approximate surface area is 147 Å². The van der Waals surface area contributed by atoms with Crippen molar-refractivity contribution in [2.75, 3.05) is 21.3 Å². The van der Waals surface area contributed by atoms with Crippen LogP contribution in [0, 0.1) is 0 Å². The number of methoxy groups -OCH3 is 3. The maximum absolute atomic E-state index is 6.06. The van der Waals surface area contributed by atoms with Crippen molar-refractivity contribution in [2.45, 2.75) is 50.5 Å². The maximum atomic E-state index is 6.06. The van der Waals surface area contributed by atoms with Gasteiger partial charge in [0.1, 0.15) is 18.3 Å². The third kappa shape index (κ3) is 2.60. The predicted octanol–water partition coefficient (Wildman–Crippen LogP) is 2.79. The van der Waals surface area contributed by atoms with Crippen LogP contribution in [-0.2, 0) is 14.2 Å². The highest BCUT2D eigenvalue weighted by atomic mass is 16.8. The summed E-state index contributed by atoms with van der Waals surface area (Å²) in [4.78, 5) is 0. The van der Waals surface area contributed by atoms with Crippen molar-refractivity contribution >= 4 is 5.57 Å². The summed E-state index contributed by atoms with van der Waals surface area (Å²) < 4.78 is 34.7. The van der Waals surface area contributed by atoms with Crippen molar-refractivity contribution in [3.8, 4) is 17.2 Å². The van der Waals surface area contributed by atoms with Crippen LogP contribution in [0.15, 0.2) is 18.2 Å². The second-order valence-electron chi connectivity index (χ2n) is 6.98. The molecule has 0 saturated carbocycles. The second kappa shape index (κ2) is 5.90. The van der Waals surface area contributed by atoms with Gasteiger partial charge in [-0.25, -0.2) is 0 Å². The molecule has 6 nitrogen and oxygen atoms in total. The van der Waals surface area contributed by atoms with Crippen LogP contribution < -0.4 is 14.2 Å². The molecule has 3 aliphatic rings. The van der Waals surface area contributed by atoms with Gasteiger partial charge in [0.2, 0.25) is 5.75 Å². The van der Waals surface area contributed by atoms with Gasteiger partial charge in [-0.2, -0.15) is 0 Å². The van der Waals surface area contributed by atoms with E-state index in [2.05, 4.69) is 6.08 Å². The molecule has 2 fully saturated rings. The molecule has 2 saturated heterocycles. The number of ether oxygens (including phenoxy) is 6. The van der Waals surface area contributed by atoms with Crippen LogP contribution in [0.1, 0.15) is 25.8 Å². The van der Waals surface area contributed by atoms with E-state index in [0.717, 1.165) is 17.6 Å². The second-order valence-corrected chi connectivity index (χ2v) is 6.98. The zero-order valence-electron chi connectivity index (χ0n) is 15.2. The van der Waals surface area contributed by atoms with Gasteiger partial charge in [0.15, 0.2) is 17.3 Å². The number of rotatable bonds is 4. The molecule has 0 amide bonds. The topological polar surface area (TPSA) is 55.4 Å². The van der Waals surface area contributed by atoms with E-state index in [9.17, 15) is 0 Å². The molecule has 2 bridgehead atoms. The van der Waals surface area contributed by atoms with Gasteiger partial charge >= 0.3 is 0 Å². The van der Waals surface area contributed by atoms with E-state index in [4.69, 9.17) is 28.4 Å². The van der Waals surface area contributed by atoms with Crippen LogP contribution in [0.5, 0.6) is 17.2 Å². The molecule has 0 spiro atoms. The summed E-state index contributed by atoms with van der Waals surface area (Å²) >= 11 is 0. The first-order valence-corrected chi connectivity index (χ1v) is 8.48. The van der Waals surface area contributed by atoms with Gasteiger partial charge < -0.3 is 28.4 Å².